The molecule has 1 saturated carbocycles. The molecule has 3 aromatic rings. The molecule has 0 bridgehead atoms. The fourth-order valence-electron chi connectivity index (χ4n) is 6.13. The van der Waals surface area contributed by atoms with Crippen LogP contribution in [0.15, 0.2) is 60.7 Å². The van der Waals surface area contributed by atoms with Crippen LogP contribution in [0.1, 0.15) is 22.6 Å². The zero-order valence-corrected chi connectivity index (χ0v) is 21.8. The molecular weight excluding hydrogens is 492 g/mol. The van der Waals surface area contributed by atoms with Crippen molar-refractivity contribution in [2.45, 2.75) is 23.2 Å². The molecule has 9 nitrogen and oxygen atoms in total. The number of ether oxygens (including phenoxy) is 6. The number of hydrogen-bond acceptors (Lipinski definition) is 9. The average Bonchev–Trinajstić information content (AvgIpc) is 3.34. The van der Waals surface area contributed by atoms with Crippen LogP contribution in [0.2, 0.25) is 0 Å². The zero-order valence-electron chi connectivity index (χ0n) is 21.8. The second-order valence-corrected chi connectivity index (χ2v) is 9.26. The van der Waals surface area contributed by atoms with Crippen LogP contribution in [0.3, 0.4) is 0 Å². The highest BCUT2D eigenvalue weighted by molar-refractivity contribution is 5.78. The number of rotatable bonds is 7. The van der Waals surface area contributed by atoms with E-state index in [0.717, 1.165) is 0 Å². The average molecular weight is 523 g/mol. The van der Waals surface area contributed by atoms with E-state index in [1.54, 1.807) is 30.3 Å². The molecule has 2 aliphatic rings. The van der Waals surface area contributed by atoms with E-state index in [0.29, 0.717) is 28.4 Å². The standard InChI is InChI=1S/C29H30O9/c1-33-18-14-21(36-4)25-22(15-18)38-29(17-11-12-19(34-2)20(13-17)35-3)24(16-9-7-6-8-10-16)23(27(31)37-5)26(30)28(25,29)32/h6-15,23-24,26,30,32H,1-5H3/t23-,24+,26-,28+,29+/m1/s1. The number of carbonyl (C=O) groups is 1. The van der Waals surface area contributed by atoms with Gasteiger partial charge in [0, 0.05) is 23.6 Å². The Morgan fingerprint density at radius 1 is 0.842 bits per heavy atom. The summed E-state index contributed by atoms with van der Waals surface area (Å²) in [5.74, 6) is -1.01. The minimum Gasteiger partial charge on any atom is -0.496 e. The van der Waals surface area contributed by atoms with Gasteiger partial charge in [0.1, 0.15) is 23.4 Å². The highest BCUT2D eigenvalue weighted by atomic mass is 16.6. The van der Waals surface area contributed by atoms with Gasteiger partial charge in [-0.2, -0.15) is 0 Å². The number of carbonyl (C=O) groups excluding carboxylic acids is 1. The van der Waals surface area contributed by atoms with E-state index >= 15 is 0 Å². The lowest BCUT2D eigenvalue weighted by atomic mass is 9.70. The van der Waals surface area contributed by atoms with E-state index in [4.69, 9.17) is 28.4 Å². The van der Waals surface area contributed by atoms with Crippen molar-refractivity contribution in [3.05, 3.63) is 77.4 Å². The van der Waals surface area contributed by atoms with Crippen LogP contribution in [-0.2, 0) is 20.7 Å². The summed E-state index contributed by atoms with van der Waals surface area (Å²) in [5, 5.41) is 24.7. The number of benzene rings is 3. The lowest BCUT2D eigenvalue weighted by Gasteiger charge is -2.41. The molecule has 0 aromatic heterocycles. The molecule has 0 unspecified atom stereocenters. The molecule has 1 fully saturated rings. The van der Waals surface area contributed by atoms with Crippen molar-refractivity contribution in [1.29, 1.82) is 0 Å². The fourth-order valence-corrected chi connectivity index (χ4v) is 6.13. The largest absolute Gasteiger partial charge is 0.496 e. The zero-order chi connectivity index (χ0) is 27.2. The van der Waals surface area contributed by atoms with Gasteiger partial charge in [-0.3, -0.25) is 4.79 Å². The van der Waals surface area contributed by atoms with Gasteiger partial charge >= 0.3 is 5.97 Å². The van der Waals surface area contributed by atoms with Crippen molar-refractivity contribution in [1.82, 2.24) is 0 Å². The Hall–Kier alpha value is -3.95. The highest BCUT2D eigenvalue weighted by Crippen LogP contribution is 2.70. The van der Waals surface area contributed by atoms with E-state index in [1.807, 2.05) is 30.3 Å². The first kappa shape index (κ1) is 25.7. The number of fused-ring (bicyclic) bond motifs is 3. The van der Waals surface area contributed by atoms with E-state index in [1.165, 1.54) is 35.5 Å². The van der Waals surface area contributed by atoms with Gasteiger partial charge in [-0.25, -0.2) is 0 Å². The van der Waals surface area contributed by atoms with Gasteiger partial charge in [0.15, 0.2) is 22.7 Å². The maximum atomic E-state index is 13.3. The first-order chi connectivity index (χ1) is 18.3. The molecule has 0 radical (unpaired) electrons. The van der Waals surface area contributed by atoms with Crippen LogP contribution in [-0.4, -0.2) is 57.8 Å². The van der Waals surface area contributed by atoms with Crippen molar-refractivity contribution in [2.75, 3.05) is 35.5 Å². The quantitative estimate of drug-likeness (QED) is 0.452. The molecule has 0 amide bonds. The third-order valence-electron chi connectivity index (χ3n) is 7.72. The van der Waals surface area contributed by atoms with Gasteiger partial charge in [0.05, 0.1) is 47.0 Å². The SMILES string of the molecule is COC(=O)[C@H]1[C@@H](O)[C@@]2(O)c3c(OC)cc(OC)cc3O[C@@]2(c2ccc(OC)c(OC)c2)[C@H]1c1ccccc1. The molecule has 0 saturated heterocycles. The topological polar surface area (TPSA) is 113 Å². The lowest BCUT2D eigenvalue weighted by molar-refractivity contribution is -0.161. The van der Waals surface area contributed by atoms with Crippen molar-refractivity contribution < 1.29 is 43.4 Å². The summed E-state index contributed by atoms with van der Waals surface area (Å²) in [4.78, 5) is 13.3. The van der Waals surface area contributed by atoms with Gasteiger partial charge in [0.25, 0.3) is 0 Å². The Labute approximate surface area is 220 Å². The van der Waals surface area contributed by atoms with Crippen LogP contribution in [0.25, 0.3) is 0 Å². The van der Waals surface area contributed by atoms with Gasteiger partial charge in [-0.1, -0.05) is 36.4 Å². The monoisotopic (exact) mass is 522 g/mol. The molecule has 38 heavy (non-hydrogen) atoms. The number of aliphatic hydroxyl groups is 2. The highest BCUT2D eigenvalue weighted by Gasteiger charge is 2.78. The van der Waals surface area contributed by atoms with Crippen molar-refractivity contribution in [3.8, 4) is 28.7 Å². The molecule has 1 heterocycles. The van der Waals surface area contributed by atoms with Gasteiger partial charge in [-0.15, -0.1) is 0 Å². The van der Waals surface area contributed by atoms with Crippen LogP contribution < -0.4 is 23.7 Å². The van der Waals surface area contributed by atoms with Crippen molar-refractivity contribution in [3.63, 3.8) is 0 Å². The Balaban J connectivity index is 1.91. The second kappa shape index (κ2) is 9.41. The van der Waals surface area contributed by atoms with Gasteiger partial charge in [-0.05, 0) is 17.7 Å². The predicted molar refractivity (Wildman–Crippen MR) is 136 cm³/mol. The minimum atomic E-state index is -2.15. The molecule has 0 spiro atoms. The van der Waals surface area contributed by atoms with E-state index < -0.39 is 35.1 Å². The number of hydrogen-bond donors (Lipinski definition) is 2. The summed E-state index contributed by atoms with van der Waals surface area (Å²) in [6, 6.07) is 17.5. The molecule has 9 heteroatoms. The summed E-state index contributed by atoms with van der Waals surface area (Å²) < 4.78 is 34.0. The van der Waals surface area contributed by atoms with Crippen molar-refractivity contribution >= 4 is 5.97 Å². The molecular formula is C29H30O9. The molecule has 200 valence electrons. The predicted octanol–water partition coefficient (Wildman–Crippen LogP) is 3.14. The Morgan fingerprint density at radius 2 is 1.53 bits per heavy atom. The molecule has 1 aliphatic carbocycles. The summed E-state index contributed by atoms with van der Waals surface area (Å²) in [5.41, 5.74) is -2.55. The van der Waals surface area contributed by atoms with Crippen LogP contribution in [0.4, 0.5) is 0 Å². The second-order valence-electron chi connectivity index (χ2n) is 9.26. The first-order valence-electron chi connectivity index (χ1n) is 12.0. The normalized spacial score (nSPS) is 27.1. The van der Waals surface area contributed by atoms with E-state index in [2.05, 4.69) is 0 Å². The minimum absolute atomic E-state index is 0.204. The third kappa shape index (κ3) is 3.28. The lowest BCUT2D eigenvalue weighted by Crippen LogP contribution is -2.52. The molecule has 5 rings (SSSR count). The van der Waals surface area contributed by atoms with Crippen LogP contribution >= 0.6 is 0 Å². The number of methoxy groups -OCH3 is 5. The summed E-state index contributed by atoms with van der Waals surface area (Å²) in [6.07, 6.45) is -1.64. The van der Waals surface area contributed by atoms with Gasteiger partial charge in [0.2, 0.25) is 0 Å². The first-order valence-corrected chi connectivity index (χ1v) is 12.0. The van der Waals surface area contributed by atoms with E-state index in [9.17, 15) is 15.0 Å². The molecule has 1 aliphatic heterocycles. The fraction of sp³-hybridized carbons (Fsp3) is 0.345. The Morgan fingerprint density at radius 3 is 2.13 bits per heavy atom. The van der Waals surface area contributed by atoms with E-state index in [-0.39, 0.29) is 17.1 Å². The van der Waals surface area contributed by atoms with Crippen LogP contribution in [0, 0.1) is 5.92 Å². The van der Waals surface area contributed by atoms with Gasteiger partial charge < -0.3 is 38.6 Å². The van der Waals surface area contributed by atoms with Crippen molar-refractivity contribution in [2.24, 2.45) is 5.92 Å². The smallest absolute Gasteiger partial charge is 0.312 e. The number of esters is 1. The van der Waals surface area contributed by atoms with Crippen LogP contribution in [0.5, 0.6) is 28.7 Å². The molecule has 5 atom stereocenters. The summed E-state index contributed by atoms with van der Waals surface area (Å²) >= 11 is 0. The summed E-state index contributed by atoms with van der Waals surface area (Å²) in [6.45, 7) is 0. The maximum absolute atomic E-state index is 13.3. The third-order valence-corrected chi connectivity index (χ3v) is 7.72. The Bertz CT molecular complexity index is 1360. The number of aliphatic hydroxyl groups excluding tert-OH is 1. The maximum Gasteiger partial charge on any atom is 0.312 e. The Kier molecular flexibility index (Phi) is 6.36. The summed E-state index contributed by atoms with van der Waals surface area (Å²) in [7, 11) is 7.22. The molecule has 3 aromatic carbocycles. The molecule has 2 N–H and O–H groups in total.